The summed E-state index contributed by atoms with van der Waals surface area (Å²) in [7, 11) is 1.71. The normalized spacial score (nSPS) is 10.2. The molecule has 0 fully saturated rings. The maximum absolute atomic E-state index is 5.05. The fourth-order valence-corrected chi connectivity index (χ4v) is 1.21. The van der Waals surface area contributed by atoms with Gasteiger partial charge in [0.2, 0.25) is 5.88 Å². The number of rotatable bonds is 2. The summed E-state index contributed by atoms with van der Waals surface area (Å²) in [4.78, 5) is 9.33. The second-order valence-electron chi connectivity index (χ2n) is 2.65. The first-order valence-corrected chi connectivity index (χ1v) is 4.09. The highest BCUT2D eigenvalue weighted by Gasteiger charge is 1.96. The minimum absolute atomic E-state index is 0.584. The number of nitrogens with zero attached hydrogens (tertiary/aromatic N) is 1. The molecule has 0 atom stereocenters. The van der Waals surface area contributed by atoms with Gasteiger partial charge in [-0.15, -0.1) is 0 Å². The Hall–Kier alpha value is -1.61. The number of pyridine rings is 1. The maximum atomic E-state index is 5.05. The van der Waals surface area contributed by atoms with Gasteiger partial charge in [-0.3, -0.25) is 0 Å². The SMILES string of the molecule is CNOc1ccc2ccccc2n1. The number of aromatic nitrogens is 1. The molecule has 0 unspecified atom stereocenters. The highest BCUT2D eigenvalue weighted by atomic mass is 16.6. The molecule has 0 aliphatic carbocycles. The molecule has 0 aliphatic rings. The first-order chi connectivity index (χ1) is 6.40. The zero-order valence-electron chi connectivity index (χ0n) is 7.32. The monoisotopic (exact) mass is 174 g/mol. The molecule has 0 saturated heterocycles. The fraction of sp³-hybridized carbons (Fsp3) is 0.100. The van der Waals surface area contributed by atoms with Crippen molar-refractivity contribution < 1.29 is 4.84 Å². The Kier molecular flexibility index (Phi) is 2.10. The Bertz CT molecular complexity index is 414. The average molecular weight is 174 g/mol. The number of para-hydroxylation sites is 1. The molecule has 66 valence electrons. The molecular formula is C10H10N2O. The van der Waals surface area contributed by atoms with E-state index in [2.05, 4.69) is 10.5 Å². The van der Waals surface area contributed by atoms with E-state index in [1.165, 1.54) is 0 Å². The summed E-state index contributed by atoms with van der Waals surface area (Å²) in [5, 5.41) is 1.12. The van der Waals surface area contributed by atoms with Crippen LogP contribution < -0.4 is 10.3 Å². The van der Waals surface area contributed by atoms with Gasteiger partial charge in [0.05, 0.1) is 5.52 Å². The molecule has 2 aromatic rings. The molecule has 1 aromatic heterocycles. The molecule has 13 heavy (non-hydrogen) atoms. The van der Waals surface area contributed by atoms with Crippen LogP contribution in [-0.4, -0.2) is 12.0 Å². The molecule has 3 nitrogen and oxygen atoms in total. The molecule has 1 N–H and O–H groups in total. The van der Waals surface area contributed by atoms with Crippen LogP contribution in [0.25, 0.3) is 10.9 Å². The van der Waals surface area contributed by atoms with Crippen molar-refractivity contribution in [2.75, 3.05) is 7.05 Å². The number of fused-ring (bicyclic) bond motifs is 1. The number of hydrogen-bond acceptors (Lipinski definition) is 3. The Labute approximate surface area is 76.3 Å². The Morgan fingerprint density at radius 3 is 2.85 bits per heavy atom. The summed E-state index contributed by atoms with van der Waals surface area (Å²) in [5.41, 5.74) is 3.53. The Morgan fingerprint density at radius 2 is 2.00 bits per heavy atom. The van der Waals surface area contributed by atoms with Crippen molar-refractivity contribution >= 4 is 10.9 Å². The van der Waals surface area contributed by atoms with Gasteiger partial charge in [0.25, 0.3) is 0 Å². The van der Waals surface area contributed by atoms with Crippen molar-refractivity contribution in [1.29, 1.82) is 0 Å². The fourth-order valence-electron chi connectivity index (χ4n) is 1.21. The lowest BCUT2D eigenvalue weighted by Crippen LogP contribution is -2.11. The quantitative estimate of drug-likeness (QED) is 0.704. The molecule has 2 rings (SSSR count). The van der Waals surface area contributed by atoms with Gasteiger partial charge in [-0.05, 0) is 12.1 Å². The van der Waals surface area contributed by atoms with Gasteiger partial charge >= 0.3 is 0 Å². The van der Waals surface area contributed by atoms with E-state index in [0.29, 0.717) is 5.88 Å². The van der Waals surface area contributed by atoms with Crippen LogP contribution in [0.4, 0.5) is 0 Å². The summed E-state index contributed by atoms with van der Waals surface area (Å²) >= 11 is 0. The number of hydrogen-bond donors (Lipinski definition) is 1. The number of hydroxylamine groups is 1. The molecule has 0 amide bonds. The van der Waals surface area contributed by atoms with Gasteiger partial charge < -0.3 is 4.84 Å². The number of benzene rings is 1. The van der Waals surface area contributed by atoms with Crippen LogP contribution in [0.2, 0.25) is 0 Å². The summed E-state index contributed by atoms with van der Waals surface area (Å²) in [6.45, 7) is 0. The molecule has 0 saturated carbocycles. The predicted molar refractivity (Wildman–Crippen MR) is 51.4 cm³/mol. The summed E-state index contributed by atoms with van der Waals surface area (Å²) in [6.07, 6.45) is 0. The minimum Gasteiger partial charge on any atom is -0.389 e. The molecule has 0 spiro atoms. The molecule has 0 aliphatic heterocycles. The van der Waals surface area contributed by atoms with Gasteiger partial charge in [-0.2, -0.15) is 5.48 Å². The average Bonchev–Trinajstić information content (AvgIpc) is 2.18. The molecule has 0 radical (unpaired) electrons. The van der Waals surface area contributed by atoms with Gasteiger partial charge in [0.1, 0.15) is 0 Å². The number of nitrogens with one attached hydrogen (secondary N) is 1. The van der Waals surface area contributed by atoms with Crippen molar-refractivity contribution in [2.45, 2.75) is 0 Å². The van der Waals surface area contributed by atoms with E-state index in [-0.39, 0.29) is 0 Å². The third kappa shape index (κ3) is 1.60. The van der Waals surface area contributed by atoms with E-state index in [4.69, 9.17) is 4.84 Å². The van der Waals surface area contributed by atoms with E-state index >= 15 is 0 Å². The largest absolute Gasteiger partial charge is 0.389 e. The molecule has 3 heteroatoms. The Morgan fingerprint density at radius 1 is 1.15 bits per heavy atom. The minimum atomic E-state index is 0.584. The van der Waals surface area contributed by atoms with E-state index in [0.717, 1.165) is 10.9 Å². The van der Waals surface area contributed by atoms with Crippen LogP contribution in [0.1, 0.15) is 0 Å². The maximum Gasteiger partial charge on any atom is 0.238 e. The third-order valence-corrected chi connectivity index (χ3v) is 1.78. The lowest BCUT2D eigenvalue weighted by molar-refractivity contribution is 0.215. The van der Waals surface area contributed by atoms with E-state index in [9.17, 15) is 0 Å². The third-order valence-electron chi connectivity index (χ3n) is 1.78. The van der Waals surface area contributed by atoms with Crippen molar-refractivity contribution in [3.05, 3.63) is 36.4 Å². The van der Waals surface area contributed by atoms with Crippen LogP contribution in [0, 0.1) is 0 Å². The highest BCUT2D eigenvalue weighted by Crippen LogP contribution is 2.14. The van der Waals surface area contributed by atoms with E-state index < -0.39 is 0 Å². The second-order valence-corrected chi connectivity index (χ2v) is 2.65. The molecule has 1 aromatic carbocycles. The summed E-state index contributed by atoms with van der Waals surface area (Å²) in [5.74, 6) is 0.584. The van der Waals surface area contributed by atoms with Crippen LogP contribution in [0.5, 0.6) is 5.88 Å². The zero-order chi connectivity index (χ0) is 9.10. The highest BCUT2D eigenvalue weighted by molar-refractivity contribution is 5.78. The predicted octanol–water partition coefficient (Wildman–Crippen LogP) is 1.75. The van der Waals surface area contributed by atoms with Crippen molar-refractivity contribution in [2.24, 2.45) is 0 Å². The first kappa shape index (κ1) is 8.01. The lowest BCUT2D eigenvalue weighted by atomic mass is 10.2. The molecular weight excluding hydrogens is 164 g/mol. The summed E-state index contributed by atoms with van der Waals surface area (Å²) in [6, 6.07) is 11.7. The smallest absolute Gasteiger partial charge is 0.238 e. The van der Waals surface area contributed by atoms with E-state index in [1.54, 1.807) is 7.05 Å². The topological polar surface area (TPSA) is 34.1 Å². The van der Waals surface area contributed by atoms with Gasteiger partial charge in [0, 0.05) is 18.5 Å². The van der Waals surface area contributed by atoms with Crippen LogP contribution in [0.3, 0.4) is 0 Å². The van der Waals surface area contributed by atoms with Crippen LogP contribution >= 0.6 is 0 Å². The molecule has 1 heterocycles. The Balaban J connectivity index is 2.49. The van der Waals surface area contributed by atoms with Crippen molar-refractivity contribution in [3.63, 3.8) is 0 Å². The first-order valence-electron chi connectivity index (χ1n) is 4.09. The standard InChI is InChI=1S/C10H10N2O/c1-11-13-10-7-6-8-4-2-3-5-9(8)12-10/h2-7,11H,1H3. The second kappa shape index (κ2) is 3.41. The van der Waals surface area contributed by atoms with Gasteiger partial charge in [-0.25, -0.2) is 4.98 Å². The van der Waals surface area contributed by atoms with Crippen LogP contribution in [-0.2, 0) is 0 Å². The van der Waals surface area contributed by atoms with Crippen molar-refractivity contribution in [3.8, 4) is 5.88 Å². The van der Waals surface area contributed by atoms with Crippen molar-refractivity contribution in [1.82, 2.24) is 10.5 Å². The van der Waals surface area contributed by atoms with Crippen LogP contribution in [0.15, 0.2) is 36.4 Å². The van der Waals surface area contributed by atoms with Gasteiger partial charge in [-0.1, -0.05) is 18.2 Å². The van der Waals surface area contributed by atoms with E-state index in [1.807, 2.05) is 36.4 Å². The summed E-state index contributed by atoms with van der Waals surface area (Å²) < 4.78 is 0. The lowest BCUT2D eigenvalue weighted by Gasteiger charge is -2.02. The molecule has 0 bridgehead atoms. The zero-order valence-corrected chi connectivity index (χ0v) is 7.32. The van der Waals surface area contributed by atoms with Gasteiger partial charge in [0.15, 0.2) is 0 Å².